The van der Waals surface area contributed by atoms with Crippen LogP contribution in [0.2, 0.25) is 0 Å². The van der Waals surface area contributed by atoms with Gasteiger partial charge in [0.05, 0.1) is 12.2 Å². The number of rotatable bonds is 7. The first kappa shape index (κ1) is 28.1. The molecule has 1 heterocycles. The molecule has 0 aromatic heterocycles. The van der Waals surface area contributed by atoms with Crippen molar-refractivity contribution < 1.29 is 17.6 Å². The van der Waals surface area contributed by atoms with Crippen LogP contribution in [0, 0.1) is 5.92 Å². The second-order valence-electron chi connectivity index (χ2n) is 10.2. The van der Waals surface area contributed by atoms with Crippen molar-refractivity contribution in [1.82, 2.24) is 4.90 Å². The Balaban J connectivity index is 0.00000164. The number of allylic oxidation sites excluding steroid dienone is 2. The van der Waals surface area contributed by atoms with Crippen molar-refractivity contribution in [1.29, 1.82) is 0 Å². The van der Waals surface area contributed by atoms with Crippen molar-refractivity contribution in [3.63, 3.8) is 0 Å². The van der Waals surface area contributed by atoms with Gasteiger partial charge in [-0.15, -0.1) is 0 Å². The molecular formula is C33H37F4N. The minimum Gasteiger partial charge on any atom is -0.302 e. The van der Waals surface area contributed by atoms with Crippen molar-refractivity contribution in [3.8, 4) is 0 Å². The predicted octanol–water partition coefficient (Wildman–Crippen LogP) is 8.84. The molecule has 3 aromatic rings. The zero-order valence-electron chi connectivity index (χ0n) is 22.5. The van der Waals surface area contributed by atoms with Crippen LogP contribution in [0.15, 0.2) is 72.8 Å². The Labute approximate surface area is 224 Å². The number of aryl methyl sites for hydroxylation is 1. The van der Waals surface area contributed by atoms with E-state index in [0.29, 0.717) is 0 Å². The summed E-state index contributed by atoms with van der Waals surface area (Å²) in [4.78, 5) is 2.31. The minimum absolute atomic E-state index is 0.0735. The van der Waals surface area contributed by atoms with E-state index in [0.717, 1.165) is 55.6 Å². The Kier molecular flexibility index (Phi) is 9.09. The third-order valence-corrected chi connectivity index (χ3v) is 7.69. The number of fused-ring (bicyclic) bond motifs is 1. The van der Waals surface area contributed by atoms with Crippen LogP contribution in [-0.2, 0) is 19.0 Å². The summed E-state index contributed by atoms with van der Waals surface area (Å²) in [5, 5.41) is 0. The third-order valence-electron chi connectivity index (χ3n) is 7.69. The molecule has 0 saturated carbocycles. The monoisotopic (exact) mass is 523 g/mol. The Morgan fingerprint density at radius 1 is 0.868 bits per heavy atom. The number of halogens is 4. The maximum absolute atomic E-state index is 13.2. The molecule has 0 amide bonds. The summed E-state index contributed by atoms with van der Waals surface area (Å²) in [6.45, 7) is 8.60. The van der Waals surface area contributed by atoms with E-state index in [-0.39, 0.29) is 18.5 Å². The third kappa shape index (κ3) is 6.20. The van der Waals surface area contributed by atoms with Crippen LogP contribution in [-0.4, -0.2) is 31.2 Å². The molecule has 1 aliphatic heterocycles. The van der Waals surface area contributed by atoms with Crippen LogP contribution in [0.1, 0.15) is 66.5 Å². The highest BCUT2D eigenvalue weighted by atomic mass is 19.4. The second-order valence-corrected chi connectivity index (χ2v) is 10.2. The van der Waals surface area contributed by atoms with Gasteiger partial charge in [0.25, 0.3) is 0 Å². The van der Waals surface area contributed by atoms with Crippen molar-refractivity contribution in [2.24, 2.45) is 5.92 Å². The van der Waals surface area contributed by atoms with Gasteiger partial charge < -0.3 is 4.90 Å². The quantitative estimate of drug-likeness (QED) is 0.280. The SMILES string of the molecule is CC.CC1=C(c2ccc(C(F)(F)F)cc2)[C@H](c2ccc(CCCN3CC(CF)C3)cc2)Cc2ccccc21. The number of hydrogen-bond donors (Lipinski definition) is 0. The molecule has 1 saturated heterocycles. The normalized spacial score (nSPS) is 17.9. The number of likely N-dealkylation sites (tertiary alicyclic amines) is 1. The molecule has 5 rings (SSSR count). The van der Waals surface area contributed by atoms with E-state index in [4.69, 9.17) is 0 Å². The lowest BCUT2D eigenvalue weighted by molar-refractivity contribution is -0.137. The minimum atomic E-state index is -4.35. The molecule has 2 aliphatic rings. The van der Waals surface area contributed by atoms with Crippen molar-refractivity contribution in [3.05, 3.63) is 106 Å². The molecular weight excluding hydrogens is 486 g/mol. The summed E-state index contributed by atoms with van der Waals surface area (Å²) in [5.41, 5.74) is 7.31. The Morgan fingerprint density at radius 3 is 2.16 bits per heavy atom. The highest BCUT2D eigenvalue weighted by Crippen LogP contribution is 2.45. The summed E-state index contributed by atoms with van der Waals surface area (Å²) in [7, 11) is 0. The lowest BCUT2D eigenvalue weighted by atomic mass is 9.73. The van der Waals surface area contributed by atoms with Gasteiger partial charge in [-0.2, -0.15) is 13.2 Å². The molecule has 0 unspecified atom stereocenters. The fourth-order valence-electron chi connectivity index (χ4n) is 5.71. The van der Waals surface area contributed by atoms with Gasteiger partial charge in [-0.3, -0.25) is 4.39 Å². The summed E-state index contributed by atoms with van der Waals surface area (Å²) in [5.74, 6) is 0.296. The largest absolute Gasteiger partial charge is 0.416 e. The van der Waals surface area contributed by atoms with Gasteiger partial charge in [0.2, 0.25) is 0 Å². The second kappa shape index (κ2) is 12.3. The summed E-state index contributed by atoms with van der Waals surface area (Å²) >= 11 is 0. The van der Waals surface area contributed by atoms with Gasteiger partial charge in [-0.1, -0.05) is 74.5 Å². The average molecular weight is 524 g/mol. The van der Waals surface area contributed by atoms with E-state index in [1.54, 1.807) is 12.1 Å². The fourth-order valence-corrected chi connectivity index (χ4v) is 5.71. The maximum atomic E-state index is 13.2. The smallest absolute Gasteiger partial charge is 0.302 e. The van der Waals surface area contributed by atoms with E-state index in [1.165, 1.54) is 34.4 Å². The molecule has 1 aliphatic carbocycles. The van der Waals surface area contributed by atoms with E-state index in [2.05, 4.69) is 48.2 Å². The number of alkyl halides is 4. The lowest BCUT2D eigenvalue weighted by Crippen LogP contribution is -2.47. The first-order chi connectivity index (χ1) is 18.3. The van der Waals surface area contributed by atoms with Crippen LogP contribution in [0.5, 0.6) is 0 Å². The molecule has 5 heteroatoms. The summed E-state index contributed by atoms with van der Waals surface area (Å²) < 4.78 is 52.1. The maximum Gasteiger partial charge on any atom is 0.416 e. The van der Waals surface area contributed by atoms with Crippen LogP contribution < -0.4 is 0 Å². The van der Waals surface area contributed by atoms with E-state index in [1.807, 2.05) is 26.0 Å². The molecule has 1 fully saturated rings. The topological polar surface area (TPSA) is 3.24 Å². The standard InChI is InChI=1S/C31H31F4N.C2H6/c1-21-28-7-3-2-6-26(28)17-29(30(21)25-12-14-27(15-13-25)31(33,34)35)24-10-8-22(9-11-24)5-4-16-36-19-23(18-32)20-36;1-2/h2-3,6-15,23,29H,4-5,16-20H2,1H3;1-2H3/t29-;/m0./s1. The molecule has 0 radical (unpaired) electrons. The van der Waals surface area contributed by atoms with Gasteiger partial charge >= 0.3 is 6.18 Å². The highest BCUT2D eigenvalue weighted by molar-refractivity contribution is 5.95. The van der Waals surface area contributed by atoms with Gasteiger partial charge in [-0.25, -0.2) is 0 Å². The Morgan fingerprint density at radius 2 is 1.53 bits per heavy atom. The first-order valence-electron chi connectivity index (χ1n) is 13.7. The van der Waals surface area contributed by atoms with Crippen molar-refractivity contribution in [2.45, 2.75) is 52.1 Å². The molecule has 0 N–H and O–H groups in total. The zero-order valence-corrected chi connectivity index (χ0v) is 22.5. The predicted molar refractivity (Wildman–Crippen MR) is 149 cm³/mol. The van der Waals surface area contributed by atoms with Crippen LogP contribution in [0.25, 0.3) is 11.1 Å². The van der Waals surface area contributed by atoms with E-state index in [9.17, 15) is 17.6 Å². The number of hydrogen-bond acceptors (Lipinski definition) is 1. The van der Waals surface area contributed by atoms with Crippen LogP contribution in [0.3, 0.4) is 0 Å². The Hall–Kier alpha value is -2.92. The first-order valence-corrected chi connectivity index (χ1v) is 13.7. The molecule has 0 bridgehead atoms. The van der Waals surface area contributed by atoms with Crippen LogP contribution in [0.4, 0.5) is 17.6 Å². The average Bonchev–Trinajstić information content (AvgIpc) is 2.91. The van der Waals surface area contributed by atoms with Gasteiger partial charge in [0.15, 0.2) is 0 Å². The van der Waals surface area contributed by atoms with Gasteiger partial charge in [0.1, 0.15) is 0 Å². The molecule has 0 spiro atoms. The van der Waals surface area contributed by atoms with Crippen LogP contribution >= 0.6 is 0 Å². The lowest BCUT2D eigenvalue weighted by Gasteiger charge is -2.37. The van der Waals surface area contributed by atoms with Gasteiger partial charge in [0, 0.05) is 24.9 Å². The molecule has 3 aromatic carbocycles. The van der Waals surface area contributed by atoms with Crippen molar-refractivity contribution in [2.75, 3.05) is 26.3 Å². The zero-order chi connectivity index (χ0) is 27.3. The van der Waals surface area contributed by atoms with Gasteiger partial charge in [-0.05, 0) is 83.8 Å². The molecule has 1 nitrogen and oxygen atoms in total. The van der Waals surface area contributed by atoms with Crippen molar-refractivity contribution >= 4 is 11.1 Å². The number of nitrogens with zero attached hydrogens (tertiary/aromatic N) is 1. The van der Waals surface area contributed by atoms with E-state index >= 15 is 0 Å². The van der Waals surface area contributed by atoms with E-state index < -0.39 is 11.7 Å². The Bertz CT molecular complexity index is 1220. The molecule has 38 heavy (non-hydrogen) atoms. The molecule has 202 valence electrons. The highest BCUT2D eigenvalue weighted by Gasteiger charge is 2.32. The fraction of sp³-hybridized carbons (Fsp3) is 0.394. The molecule has 1 atom stereocenters. The summed E-state index contributed by atoms with van der Waals surface area (Å²) in [6.07, 6.45) is -1.51. The summed E-state index contributed by atoms with van der Waals surface area (Å²) in [6, 6.07) is 22.6. The number of benzene rings is 3.